The normalized spacial score (nSPS) is 12.8. The van der Waals surface area contributed by atoms with Crippen molar-refractivity contribution >= 4 is 15.9 Å². The van der Waals surface area contributed by atoms with Crippen molar-refractivity contribution in [2.24, 2.45) is 5.92 Å². The number of sulfonamides is 1. The molecule has 0 fully saturated rings. The molecule has 0 saturated heterocycles. The number of aromatic nitrogens is 1. The summed E-state index contributed by atoms with van der Waals surface area (Å²) in [7, 11) is -3.81. The standard InChI is InChI=1S/C20H27N3O3S/c1-14(2)10-18(20(24)22-13-17-6-5-9-21-12-17)23-27(25,26)19-11-15(3)7-8-16(19)4/h5-9,11-12,14,18,23H,10,13H2,1-4H3,(H,22,24)/t18-/m1/s1. The van der Waals surface area contributed by atoms with Crippen LogP contribution < -0.4 is 10.0 Å². The number of benzene rings is 1. The summed E-state index contributed by atoms with van der Waals surface area (Å²) < 4.78 is 28.3. The summed E-state index contributed by atoms with van der Waals surface area (Å²) in [6.07, 6.45) is 3.73. The fourth-order valence-electron chi connectivity index (χ4n) is 2.74. The monoisotopic (exact) mass is 389 g/mol. The van der Waals surface area contributed by atoms with Crippen LogP contribution in [0.1, 0.15) is 37.0 Å². The largest absolute Gasteiger partial charge is 0.351 e. The minimum absolute atomic E-state index is 0.153. The average Bonchev–Trinajstić information content (AvgIpc) is 2.61. The molecule has 7 heteroatoms. The van der Waals surface area contributed by atoms with Crippen molar-refractivity contribution in [2.75, 3.05) is 0 Å². The number of carbonyl (C=O) groups excluding carboxylic acids is 1. The van der Waals surface area contributed by atoms with E-state index >= 15 is 0 Å². The second-order valence-electron chi connectivity index (χ2n) is 7.15. The minimum Gasteiger partial charge on any atom is -0.351 e. The van der Waals surface area contributed by atoms with Crippen molar-refractivity contribution in [3.8, 4) is 0 Å². The highest BCUT2D eigenvalue weighted by atomic mass is 32.2. The van der Waals surface area contributed by atoms with Gasteiger partial charge >= 0.3 is 0 Å². The molecule has 0 aliphatic heterocycles. The summed E-state index contributed by atoms with van der Waals surface area (Å²) in [5.41, 5.74) is 2.35. The number of pyridine rings is 1. The molecule has 0 aliphatic carbocycles. The number of rotatable bonds is 8. The van der Waals surface area contributed by atoms with Crippen LogP contribution in [0.5, 0.6) is 0 Å². The van der Waals surface area contributed by atoms with E-state index in [-0.39, 0.29) is 16.7 Å². The molecule has 0 spiro atoms. The Kier molecular flexibility index (Phi) is 7.10. The van der Waals surface area contributed by atoms with Gasteiger partial charge in [-0.25, -0.2) is 8.42 Å². The van der Waals surface area contributed by atoms with Gasteiger partial charge in [0.05, 0.1) is 4.90 Å². The first-order valence-electron chi connectivity index (χ1n) is 8.95. The van der Waals surface area contributed by atoms with E-state index in [1.165, 1.54) is 0 Å². The number of hydrogen-bond acceptors (Lipinski definition) is 4. The number of aryl methyl sites for hydroxylation is 2. The lowest BCUT2D eigenvalue weighted by Crippen LogP contribution is -2.47. The number of hydrogen-bond donors (Lipinski definition) is 2. The van der Waals surface area contributed by atoms with Crippen molar-refractivity contribution < 1.29 is 13.2 Å². The topological polar surface area (TPSA) is 88.2 Å². The predicted octanol–water partition coefficient (Wildman–Crippen LogP) is 2.71. The van der Waals surface area contributed by atoms with Gasteiger partial charge in [-0.2, -0.15) is 4.72 Å². The van der Waals surface area contributed by atoms with Crippen molar-refractivity contribution in [1.29, 1.82) is 0 Å². The van der Waals surface area contributed by atoms with Gasteiger partial charge in [-0.05, 0) is 55.0 Å². The SMILES string of the molecule is Cc1ccc(C)c(S(=O)(=O)N[C@H](CC(C)C)C(=O)NCc2cccnc2)c1. The highest BCUT2D eigenvalue weighted by Crippen LogP contribution is 2.18. The third-order valence-corrected chi connectivity index (χ3v) is 5.76. The molecule has 2 rings (SSSR count). The van der Waals surface area contributed by atoms with E-state index in [1.807, 2.05) is 32.9 Å². The Morgan fingerprint density at radius 1 is 1.19 bits per heavy atom. The van der Waals surface area contributed by atoms with E-state index in [4.69, 9.17) is 0 Å². The first-order valence-corrected chi connectivity index (χ1v) is 10.4. The van der Waals surface area contributed by atoms with Crippen LogP contribution in [-0.2, 0) is 21.4 Å². The highest BCUT2D eigenvalue weighted by molar-refractivity contribution is 7.89. The molecule has 0 unspecified atom stereocenters. The van der Waals surface area contributed by atoms with E-state index in [0.717, 1.165) is 11.1 Å². The summed E-state index contributed by atoms with van der Waals surface area (Å²) in [4.78, 5) is 16.9. The number of nitrogens with zero attached hydrogens (tertiary/aromatic N) is 1. The Hall–Kier alpha value is -2.25. The van der Waals surface area contributed by atoms with Crippen molar-refractivity contribution in [1.82, 2.24) is 15.0 Å². The maximum atomic E-state index is 12.9. The minimum atomic E-state index is -3.81. The summed E-state index contributed by atoms with van der Waals surface area (Å²) in [6.45, 7) is 7.78. The Morgan fingerprint density at radius 2 is 1.93 bits per heavy atom. The summed E-state index contributed by atoms with van der Waals surface area (Å²) in [5.74, 6) is -0.193. The maximum absolute atomic E-state index is 12.9. The summed E-state index contributed by atoms with van der Waals surface area (Å²) in [6, 6.07) is 8.05. The van der Waals surface area contributed by atoms with Crippen LogP contribution in [0.25, 0.3) is 0 Å². The van der Waals surface area contributed by atoms with Gasteiger partial charge in [0, 0.05) is 18.9 Å². The van der Waals surface area contributed by atoms with Gasteiger partial charge in [0.15, 0.2) is 0 Å². The molecule has 1 heterocycles. The average molecular weight is 390 g/mol. The molecule has 0 radical (unpaired) electrons. The second-order valence-corrected chi connectivity index (χ2v) is 8.83. The smallest absolute Gasteiger partial charge is 0.241 e. The van der Waals surface area contributed by atoms with Crippen molar-refractivity contribution in [3.63, 3.8) is 0 Å². The molecule has 0 aliphatic rings. The molecule has 6 nitrogen and oxygen atoms in total. The molecule has 2 N–H and O–H groups in total. The lowest BCUT2D eigenvalue weighted by molar-refractivity contribution is -0.123. The van der Waals surface area contributed by atoms with Crippen LogP contribution in [0.3, 0.4) is 0 Å². The summed E-state index contributed by atoms with van der Waals surface area (Å²) >= 11 is 0. The third kappa shape index (κ3) is 6.15. The number of amides is 1. The molecule has 2 aromatic rings. The highest BCUT2D eigenvalue weighted by Gasteiger charge is 2.27. The van der Waals surface area contributed by atoms with E-state index in [2.05, 4.69) is 15.0 Å². The molecule has 1 aromatic carbocycles. The van der Waals surface area contributed by atoms with Gasteiger partial charge in [0.25, 0.3) is 0 Å². The van der Waals surface area contributed by atoms with Crippen LogP contribution in [0, 0.1) is 19.8 Å². The molecular weight excluding hydrogens is 362 g/mol. The van der Waals surface area contributed by atoms with Crippen LogP contribution in [0.2, 0.25) is 0 Å². The zero-order chi connectivity index (χ0) is 20.0. The van der Waals surface area contributed by atoms with Gasteiger partial charge in [0.1, 0.15) is 6.04 Å². The van der Waals surface area contributed by atoms with E-state index in [1.54, 1.807) is 37.5 Å². The summed E-state index contributed by atoms with van der Waals surface area (Å²) in [5, 5.41) is 2.80. The third-order valence-electron chi connectivity index (χ3n) is 4.14. The van der Waals surface area contributed by atoms with Gasteiger partial charge in [-0.15, -0.1) is 0 Å². The van der Waals surface area contributed by atoms with Gasteiger partial charge < -0.3 is 5.32 Å². The molecule has 1 atom stereocenters. The Bertz CT molecular complexity index is 881. The molecule has 27 heavy (non-hydrogen) atoms. The predicted molar refractivity (Wildman–Crippen MR) is 106 cm³/mol. The first kappa shape index (κ1) is 21.1. The molecule has 0 bridgehead atoms. The van der Waals surface area contributed by atoms with E-state index in [0.29, 0.717) is 18.5 Å². The van der Waals surface area contributed by atoms with Crippen molar-refractivity contribution in [2.45, 2.75) is 51.6 Å². The van der Waals surface area contributed by atoms with Gasteiger partial charge in [0.2, 0.25) is 15.9 Å². The Labute approximate surface area is 161 Å². The van der Waals surface area contributed by atoms with Gasteiger partial charge in [-0.1, -0.05) is 32.0 Å². The second kappa shape index (κ2) is 9.10. The zero-order valence-corrected chi connectivity index (χ0v) is 17.0. The van der Waals surface area contributed by atoms with Crippen molar-refractivity contribution in [3.05, 3.63) is 59.4 Å². The van der Waals surface area contributed by atoms with Crippen LogP contribution in [0.4, 0.5) is 0 Å². The lowest BCUT2D eigenvalue weighted by atomic mass is 10.0. The molecule has 0 saturated carbocycles. The van der Waals surface area contributed by atoms with E-state index in [9.17, 15) is 13.2 Å². The molecular formula is C20H27N3O3S. The quantitative estimate of drug-likeness (QED) is 0.727. The molecule has 146 valence electrons. The van der Waals surface area contributed by atoms with Crippen LogP contribution in [-0.4, -0.2) is 25.4 Å². The first-order chi connectivity index (χ1) is 12.7. The van der Waals surface area contributed by atoms with Gasteiger partial charge in [-0.3, -0.25) is 9.78 Å². The maximum Gasteiger partial charge on any atom is 0.241 e. The fourth-order valence-corrected chi connectivity index (χ4v) is 4.28. The van der Waals surface area contributed by atoms with Crippen LogP contribution >= 0.6 is 0 Å². The zero-order valence-electron chi connectivity index (χ0n) is 16.2. The molecule has 1 amide bonds. The Morgan fingerprint density at radius 3 is 2.56 bits per heavy atom. The van der Waals surface area contributed by atoms with Crippen LogP contribution in [0.15, 0.2) is 47.6 Å². The Balaban J connectivity index is 2.17. The van der Waals surface area contributed by atoms with E-state index < -0.39 is 16.1 Å². The number of carbonyl (C=O) groups is 1. The molecule has 1 aromatic heterocycles. The lowest BCUT2D eigenvalue weighted by Gasteiger charge is -2.21. The number of nitrogens with one attached hydrogen (secondary N) is 2. The fraction of sp³-hybridized carbons (Fsp3) is 0.400.